The molecule has 0 radical (unpaired) electrons. The molecule has 5 heteroatoms. The predicted octanol–water partition coefficient (Wildman–Crippen LogP) is 2.67. The fourth-order valence-electron chi connectivity index (χ4n) is 3.27. The van der Waals surface area contributed by atoms with Crippen LogP contribution in [0.3, 0.4) is 0 Å². The first-order valence-corrected chi connectivity index (χ1v) is 8.80. The Morgan fingerprint density at radius 1 is 1.15 bits per heavy atom. The van der Waals surface area contributed by atoms with E-state index in [1.807, 2.05) is 55.5 Å². The van der Waals surface area contributed by atoms with Crippen molar-refractivity contribution >= 4 is 11.8 Å². The number of benzene rings is 2. The number of nitrogens with one attached hydrogen (secondary N) is 1. The van der Waals surface area contributed by atoms with Crippen molar-refractivity contribution in [3.8, 4) is 5.75 Å². The molecule has 5 nitrogen and oxygen atoms in total. The molecule has 0 saturated carbocycles. The summed E-state index contributed by atoms with van der Waals surface area (Å²) in [7, 11) is 1.61. The summed E-state index contributed by atoms with van der Waals surface area (Å²) in [5.74, 6) is 0.389. The summed E-state index contributed by atoms with van der Waals surface area (Å²) in [4.78, 5) is 26.6. The minimum Gasteiger partial charge on any atom is -0.496 e. The van der Waals surface area contributed by atoms with Gasteiger partial charge in [-0.2, -0.15) is 0 Å². The van der Waals surface area contributed by atoms with Crippen LogP contribution in [0.2, 0.25) is 0 Å². The maximum atomic E-state index is 12.5. The first kappa shape index (κ1) is 18.0. The summed E-state index contributed by atoms with van der Waals surface area (Å²) in [5.41, 5.74) is 3.20. The molecular weight excluding hydrogens is 328 g/mol. The number of ether oxygens (including phenoxy) is 1. The van der Waals surface area contributed by atoms with Crippen LogP contribution in [0.15, 0.2) is 48.5 Å². The lowest BCUT2D eigenvalue weighted by Crippen LogP contribution is -2.32. The number of carbonyl (C=O) groups is 2. The van der Waals surface area contributed by atoms with Crippen molar-refractivity contribution in [1.82, 2.24) is 10.2 Å². The van der Waals surface area contributed by atoms with Crippen LogP contribution in [-0.4, -0.2) is 30.4 Å². The van der Waals surface area contributed by atoms with Crippen molar-refractivity contribution in [1.29, 1.82) is 0 Å². The molecule has 1 fully saturated rings. The summed E-state index contributed by atoms with van der Waals surface area (Å²) in [5, 5.41) is 2.93. The van der Waals surface area contributed by atoms with E-state index in [9.17, 15) is 9.59 Å². The monoisotopic (exact) mass is 352 g/mol. The van der Waals surface area contributed by atoms with E-state index in [1.165, 1.54) is 0 Å². The average Bonchev–Trinajstić information content (AvgIpc) is 3.02. The molecule has 2 aromatic rings. The smallest absolute Gasteiger partial charge is 0.225 e. The summed E-state index contributed by atoms with van der Waals surface area (Å²) in [6.07, 6.45) is 0.267. The van der Waals surface area contributed by atoms with Crippen LogP contribution < -0.4 is 10.1 Å². The van der Waals surface area contributed by atoms with Gasteiger partial charge < -0.3 is 15.0 Å². The van der Waals surface area contributed by atoms with Gasteiger partial charge in [-0.15, -0.1) is 0 Å². The van der Waals surface area contributed by atoms with Gasteiger partial charge in [0.2, 0.25) is 11.8 Å². The van der Waals surface area contributed by atoms with Gasteiger partial charge in [-0.3, -0.25) is 9.59 Å². The topological polar surface area (TPSA) is 58.6 Å². The Labute approximate surface area is 154 Å². The first-order valence-electron chi connectivity index (χ1n) is 8.80. The number of likely N-dealkylation sites (tertiary alicyclic amines) is 1. The highest BCUT2D eigenvalue weighted by molar-refractivity contribution is 5.89. The molecule has 2 aromatic carbocycles. The van der Waals surface area contributed by atoms with Gasteiger partial charge in [0.05, 0.1) is 13.0 Å². The lowest BCUT2D eigenvalue weighted by Gasteiger charge is -2.18. The lowest BCUT2D eigenvalue weighted by molar-refractivity contribution is -0.129. The Hall–Kier alpha value is -2.82. The molecular formula is C21H24N2O3. The maximum Gasteiger partial charge on any atom is 0.225 e. The van der Waals surface area contributed by atoms with Crippen molar-refractivity contribution < 1.29 is 14.3 Å². The SMILES string of the molecule is COc1ccccc1CNC(=O)C1CC(=O)N(Cc2ccccc2C)C1. The van der Waals surface area contributed by atoms with Gasteiger partial charge in [0.1, 0.15) is 5.75 Å². The molecule has 136 valence electrons. The molecule has 0 spiro atoms. The molecule has 1 unspecified atom stereocenters. The number of nitrogens with zero attached hydrogens (tertiary/aromatic N) is 1. The molecule has 0 bridgehead atoms. The van der Waals surface area contributed by atoms with Crippen LogP contribution in [0, 0.1) is 12.8 Å². The Balaban J connectivity index is 1.58. The highest BCUT2D eigenvalue weighted by Gasteiger charge is 2.34. The molecule has 1 aliphatic heterocycles. The van der Waals surface area contributed by atoms with E-state index in [0.717, 1.165) is 22.4 Å². The lowest BCUT2D eigenvalue weighted by atomic mass is 10.1. The van der Waals surface area contributed by atoms with Crippen molar-refractivity contribution in [2.45, 2.75) is 26.4 Å². The number of amides is 2. The van der Waals surface area contributed by atoms with Crippen molar-refractivity contribution in [2.24, 2.45) is 5.92 Å². The first-order chi connectivity index (χ1) is 12.6. The second kappa shape index (κ2) is 8.04. The van der Waals surface area contributed by atoms with Crippen LogP contribution in [-0.2, 0) is 22.7 Å². The zero-order chi connectivity index (χ0) is 18.5. The van der Waals surface area contributed by atoms with Gasteiger partial charge >= 0.3 is 0 Å². The number of hydrogen-bond acceptors (Lipinski definition) is 3. The van der Waals surface area contributed by atoms with Crippen molar-refractivity contribution in [3.63, 3.8) is 0 Å². The molecule has 1 aliphatic rings. The fraction of sp³-hybridized carbons (Fsp3) is 0.333. The molecule has 1 heterocycles. The zero-order valence-electron chi connectivity index (χ0n) is 15.2. The Kier molecular flexibility index (Phi) is 5.56. The van der Waals surface area contributed by atoms with Gasteiger partial charge in [-0.25, -0.2) is 0 Å². The standard InChI is InChI=1S/C21H24N2O3/c1-15-7-3-4-9-17(15)13-23-14-18(11-20(23)24)21(25)22-12-16-8-5-6-10-19(16)26-2/h3-10,18H,11-14H2,1-2H3,(H,22,25). The van der Waals surface area contributed by atoms with E-state index < -0.39 is 0 Å². The van der Waals surface area contributed by atoms with Gasteiger partial charge in [-0.05, 0) is 24.1 Å². The maximum absolute atomic E-state index is 12.5. The summed E-state index contributed by atoms with van der Waals surface area (Å²) < 4.78 is 5.30. The van der Waals surface area contributed by atoms with Crippen LogP contribution in [0.25, 0.3) is 0 Å². The third-order valence-corrected chi connectivity index (χ3v) is 4.85. The molecule has 0 aromatic heterocycles. The van der Waals surface area contributed by atoms with Crippen LogP contribution in [0.1, 0.15) is 23.1 Å². The minimum atomic E-state index is -0.304. The highest BCUT2D eigenvalue weighted by atomic mass is 16.5. The number of carbonyl (C=O) groups excluding carboxylic acids is 2. The molecule has 1 saturated heterocycles. The van der Waals surface area contributed by atoms with E-state index in [4.69, 9.17) is 4.74 Å². The molecule has 26 heavy (non-hydrogen) atoms. The second-order valence-electron chi connectivity index (χ2n) is 6.63. The van der Waals surface area contributed by atoms with Gasteiger partial charge in [-0.1, -0.05) is 42.5 Å². The van der Waals surface area contributed by atoms with Crippen LogP contribution >= 0.6 is 0 Å². The van der Waals surface area contributed by atoms with Crippen LogP contribution in [0.5, 0.6) is 5.75 Å². The third-order valence-electron chi connectivity index (χ3n) is 4.85. The van der Waals surface area contributed by atoms with E-state index in [1.54, 1.807) is 12.0 Å². The number of hydrogen-bond donors (Lipinski definition) is 1. The normalized spacial score (nSPS) is 16.6. The van der Waals surface area contributed by atoms with Crippen molar-refractivity contribution in [2.75, 3.05) is 13.7 Å². The summed E-state index contributed by atoms with van der Waals surface area (Å²) in [6, 6.07) is 15.6. The number of para-hydroxylation sites is 1. The van der Waals surface area contributed by atoms with Crippen LogP contribution in [0.4, 0.5) is 0 Å². The summed E-state index contributed by atoms with van der Waals surface area (Å²) in [6.45, 7) is 3.45. The van der Waals surface area contributed by atoms with Gasteiger partial charge in [0.25, 0.3) is 0 Å². The second-order valence-corrected chi connectivity index (χ2v) is 6.63. The average molecular weight is 352 g/mol. The van der Waals surface area contributed by atoms with Gasteiger partial charge in [0, 0.05) is 31.6 Å². The predicted molar refractivity (Wildman–Crippen MR) is 99.5 cm³/mol. The van der Waals surface area contributed by atoms with Crippen molar-refractivity contribution in [3.05, 3.63) is 65.2 Å². The number of rotatable bonds is 6. The largest absolute Gasteiger partial charge is 0.496 e. The zero-order valence-corrected chi connectivity index (χ0v) is 15.2. The van der Waals surface area contributed by atoms with Gasteiger partial charge in [0.15, 0.2) is 0 Å². The fourth-order valence-corrected chi connectivity index (χ4v) is 3.27. The number of methoxy groups -OCH3 is 1. The molecule has 3 rings (SSSR count). The summed E-state index contributed by atoms with van der Waals surface area (Å²) >= 11 is 0. The Morgan fingerprint density at radius 3 is 2.58 bits per heavy atom. The molecule has 0 aliphatic carbocycles. The Morgan fingerprint density at radius 2 is 1.85 bits per heavy atom. The quantitative estimate of drug-likeness (QED) is 0.870. The molecule has 2 amide bonds. The molecule has 1 atom stereocenters. The molecule has 1 N–H and O–H groups in total. The van der Waals surface area contributed by atoms with E-state index in [0.29, 0.717) is 19.6 Å². The van der Waals surface area contributed by atoms with E-state index >= 15 is 0 Å². The Bertz CT molecular complexity index is 803. The van der Waals surface area contributed by atoms with E-state index in [-0.39, 0.29) is 24.2 Å². The third kappa shape index (κ3) is 4.04. The number of aryl methyl sites for hydroxylation is 1. The van der Waals surface area contributed by atoms with E-state index in [2.05, 4.69) is 5.32 Å². The minimum absolute atomic E-state index is 0.0331. The highest BCUT2D eigenvalue weighted by Crippen LogP contribution is 2.22.